The maximum atomic E-state index is 12.8. The van der Waals surface area contributed by atoms with Crippen LogP contribution in [0.1, 0.15) is 24.2 Å². The summed E-state index contributed by atoms with van der Waals surface area (Å²) in [5, 5.41) is 8.64. The van der Waals surface area contributed by atoms with Gasteiger partial charge in [0, 0.05) is 45.0 Å². The Morgan fingerprint density at radius 3 is 2.36 bits per heavy atom. The molecule has 0 bridgehead atoms. The second-order valence-corrected chi connectivity index (χ2v) is 8.65. The minimum atomic E-state index is -4.41. The first-order valence-electron chi connectivity index (χ1n) is 11.4. The van der Waals surface area contributed by atoms with Crippen LogP contribution in [0, 0.1) is 0 Å². The van der Waals surface area contributed by atoms with E-state index in [9.17, 15) is 18.0 Å². The van der Waals surface area contributed by atoms with Gasteiger partial charge in [-0.15, -0.1) is 0 Å². The molecule has 0 N–H and O–H groups in total. The Bertz CT molecular complexity index is 1370. The van der Waals surface area contributed by atoms with Gasteiger partial charge in [-0.05, 0) is 24.6 Å². The van der Waals surface area contributed by atoms with E-state index < -0.39 is 23.9 Å². The SMILES string of the molecule is C[C@@H](OC(=O)N1CCN(c2cnn3cc(-c4cnn(C)c4)ncc23)CC1)c1ccc(C(F)(F)F)cc1. The Balaban J connectivity index is 1.19. The molecule has 1 fully saturated rings. The molecule has 1 aromatic carbocycles. The van der Waals surface area contributed by atoms with Gasteiger partial charge < -0.3 is 14.5 Å². The van der Waals surface area contributed by atoms with Crippen LogP contribution in [0.4, 0.5) is 23.7 Å². The molecule has 0 spiro atoms. The number of amides is 1. The average Bonchev–Trinajstić information content (AvgIpc) is 3.49. The summed E-state index contributed by atoms with van der Waals surface area (Å²) in [7, 11) is 1.85. The first kappa shape index (κ1) is 23.6. The number of aryl methyl sites for hydroxylation is 1. The highest BCUT2D eigenvalue weighted by Gasteiger charge is 2.30. The van der Waals surface area contributed by atoms with Gasteiger partial charge in [0.05, 0.1) is 41.7 Å². The van der Waals surface area contributed by atoms with Crippen molar-refractivity contribution in [2.75, 3.05) is 31.1 Å². The maximum Gasteiger partial charge on any atom is 0.416 e. The van der Waals surface area contributed by atoms with E-state index in [0.29, 0.717) is 31.7 Å². The van der Waals surface area contributed by atoms with Gasteiger partial charge in [0.15, 0.2) is 0 Å². The van der Waals surface area contributed by atoms with E-state index in [2.05, 4.69) is 20.1 Å². The van der Waals surface area contributed by atoms with E-state index in [1.807, 2.05) is 19.4 Å². The predicted molar refractivity (Wildman–Crippen MR) is 125 cm³/mol. The van der Waals surface area contributed by atoms with E-state index in [-0.39, 0.29) is 0 Å². The highest BCUT2D eigenvalue weighted by atomic mass is 19.4. The van der Waals surface area contributed by atoms with E-state index in [1.165, 1.54) is 12.1 Å². The van der Waals surface area contributed by atoms with Gasteiger partial charge in [-0.1, -0.05) is 12.1 Å². The van der Waals surface area contributed by atoms with Gasteiger partial charge >= 0.3 is 12.3 Å². The minimum Gasteiger partial charge on any atom is -0.442 e. The fraction of sp³-hybridized carbons (Fsp3) is 0.333. The number of benzene rings is 1. The van der Waals surface area contributed by atoms with Gasteiger partial charge in [0.25, 0.3) is 0 Å². The van der Waals surface area contributed by atoms with E-state index in [4.69, 9.17) is 4.74 Å². The Kier molecular flexibility index (Phi) is 6.02. The van der Waals surface area contributed by atoms with Crippen molar-refractivity contribution in [2.45, 2.75) is 19.2 Å². The molecule has 12 heteroatoms. The van der Waals surface area contributed by atoms with Crippen LogP contribution in [0.2, 0.25) is 0 Å². The van der Waals surface area contributed by atoms with E-state index in [0.717, 1.165) is 34.6 Å². The van der Waals surface area contributed by atoms with Crippen molar-refractivity contribution in [3.05, 3.63) is 66.4 Å². The summed E-state index contributed by atoms with van der Waals surface area (Å²) in [6.45, 7) is 3.68. The third-order valence-corrected chi connectivity index (χ3v) is 6.25. The third kappa shape index (κ3) is 4.70. The van der Waals surface area contributed by atoms with Crippen molar-refractivity contribution in [1.29, 1.82) is 0 Å². The zero-order valence-electron chi connectivity index (χ0n) is 19.7. The quantitative estimate of drug-likeness (QED) is 0.419. The van der Waals surface area contributed by atoms with Crippen LogP contribution in [0.25, 0.3) is 16.8 Å². The molecule has 188 valence electrons. The van der Waals surface area contributed by atoms with Crippen molar-refractivity contribution in [3.8, 4) is 11.3 Å². The predicted octanol–water partition coefficient (Wildman–Crippen LogP) is 4.17. The number of aromatic nitrogens is 5. The number of anilines is 1. The molecular weight excluding hydrogens is 475 g/mol. The molecule has 1 atom stereocenters. The largest absolute Gasteiger partial charge is 0.442 e. The topological polar surface area (TPSA) is 80.8 Å². The molecule has 1 saturated heterocycles. The zero-order valence-corrected chi connectivity index (χ0v) is 19.7. The number of hydrogen-bond donors (Lipinski definition) is 0. The molecular formula is C24H24F3N7O2. The highest BCUT2D eigenvalue weighted by Crippen LogP contribution is 2.31. The lowest BCUT2D eigenvalue weighted by molar-refractivity contribution is -0.137. The molecule has 1 amide bonds. The van der Waals surface area contributed by atoms with Crippen LogP contribution in [0.5, 0.6) is 0 Å². The lowest BCUT2D eigenvalue weighted by Crippen LogP contribution is -2.49. The smallest absolute Gasteiger partial charge is 0.416 e. The van der Waals surface area contributed by atoms with Crippen molar-refractivity contribution in [2.24, 2.45) is 7.05 Å². The van der Waals surface area contributed by atoms with Gasteiger partial charge in [0.2, 0.25) is 0 Å². The second kappa shape index (κ2) is 9.17. The van der Waals surface area contributed by atoms with Crippen LogP contribution in [0.15, 0.2) is 55.2 Å². The van der Waals surface area contributed by atoms with Gasteiger partial charge in [0.1, 0.15) is 11.6 Å². The Hall–Kier alpha value is -4.09. The van der Waals surface area contributed by atoms with Crippen LogP contribution in [0.3, 0.4) is 0 Å². The van der Waals surface area contributed by atoms with Crippen molar-refractivity contribution in [3.63, 3.8) is 0 Å². The Labute approximate surface area is 204 Å². The number of ether oxygens (including phenoxy) is 1. The summed E-state index contributed by atoms with van der Waals surface area (Å²) >= 11 is 0. The van der Waals surface area contributed by atoms with Crippen molar-refractivity contribution < 1.29 is 22.7 Å². The third-order valence-electron chi connectivity index (χ3n) is 6.25. The summed E-state index contributed by atoms with van der Waals surface area (Å²) < 4.78 is 47.3. The minimum absolute atomic E-state index is 0.442. The number of carbonyl (C=O) groups is 1. The first-order chi connectivity index (χ1) is 17.2. The lowest BCUT2D eigenvalue weighted by atomic mass is 10.1. The molecule has 1 aliphatic heterocycles. The molecule has 1 aliphatic rings. The number of nitrogens with zero attached hydrogens (tertiary/aromatic N) is 7. The monoisotopic (exact) mass is 499 g/mol. The zero-order chi connectivity index (χ0) is 25.4. The summed E-state index contributed by atoms with van der Waals surface area (Å²) in [6.07, 6.45) is 3.47. The van der Waals surface area contributed by atoms with Crippen molar-refractivity contribution >= 4 is 17.3 Å². The summed E-state index contributed by atoms with van der Waals surface area (Å²) in [6, 6.07) is 4.64. The molecule has 3 aromatic heterocycles. The molecule has 4 heterocycles. The Morgan fingerprint density at radius 1 is 1.00 bits per heavy atom. The maximum absolute atomic E-state index is 12.8. The molecule has 0 aliphatic carbocycles. The van der Waals surface area contributed by atoms with Crippen LogP contribution in [-0.2, 0) is 18.0 Å². The van der Waals surface area contributed by atoms with Crippen LogP contribution >= 0.6 is 0 Å². The number of alkyl halides is 3. The number of piperazine rings is 1. The fourth-order valence-electron chi connectivity index (χ4n) is 4.18. The number of rotatable bonds is 4. The molecule has 9 nitrogen and oxygen atoms in total. The fourth-order valence-corrected chi connectivity index (χ4v) is 4.18. The second-order valence-electron chi connectivity index (χ2n) is 8.65. The van der Waals surface area contributed by atoms with Gasteiger partial charge in [-0.3, -0.25) is 9.67 Å². The molecule has 0 saturated carbocycles. The molecule has 5 rings (SSSR count). The van der Waals surface area contributed by atoms with Gasteiger partial charge in [-0.2, -0.15) is 23.4 Å². The molecule has 36 heavy (non-hydrogen) atoms. The first-order valence-corrected chi connectivity index (χ1v) is 11.4. The molecule has 4 aromatic rings. The lowest BCUT2D eigenvalue weighted by Gasteiger charge is -2.35. The summed E-state index contributed by atoms with van der Waals surface area (Å²) in [5.41, 5.74) is 3.20. The van der Waals surface area contributed by atoms with Gasteiger partial charge in [-0.25, -0.2) is 9.31 Å². The number of carbonyl (C=O) groups excluding carboxylic acids is 1. The van der Waals surface area contributed by atoms with Crippen molar-refractivity contribution in [1.82, 2.24) is 29.3 Å². The Morgan fingerprint density at radius 2 is 1.72 bits per heavy atom. The average molecular weight is 499 g/mol. The summed E-state index contributed by atoms with van der Waals surface area (Å²) in [4.78, 5) is 20.9. The highest BCUT2D eigenvalue weighted by molar-refractivity contribution is 5.74. The normalized spacial score (nSPS) is 15.4. The van der Waals surface area contributed by atoms with E-state index >= 15 is 0 Å². The molecule has 0 unspecified atom stereocenters. The number of halogens is 3. The van der Waals surface area contributed by atoms with Crippen LogP contribution in [-0.4, -0.2) is 61.6 Å². The number of fused-ring (bicyclic) bond motifs is 1. The number of hydrogen-bond acceptors (Lipinski definition) is 6. The summed E-state index contributed by atoms with van der Waals surface area (Å²) in [5.74, 6) is 0. The molecule has 0 radical (unpaired) electrons. The van der Waals surface area contributed by atoms with E-state index in [1.54, 1.807) is 39.6 Å². The standard InChI is InChI=1S/C24H24F3N7O2/c1-16(17-3-5-19(6-4-17)24(25,26)27)36-23(35)33-9-7-32(8-10-33)21-13-30-34-15-20(28-12-22(21)34)18-11-29-31(2)14-18/h3-6,11-16H,7-10H2,1-2H3/t16-/m1/s1. The van der Waals surface area contributed by atoms with Crippen LogP contribution < -0.4 is 4.90 Å².